The molecule has 0 saturated heterocycles. The summed E-state index contributed by atoms with van der Waals surface area (Å²) in [6.45, 7) is 2.95. The number of aryl methyl sites for hydroxylation is 1. The van der Waals surface area contributed by atoms with E-state index in [0.29, 0.717) is 12.3 Å². The maximum Gasteiger partial charge on any atom is 0.217 e. The summed E-state index contributed by atoms with van der Waals surface area (Å²) in [5.41, 5.74) is 3.71. The van der Waals surface area contributed by atoms with Crippen LogP contribution in [0.15, 0.2) is 24.7 Å². The van der Waals surface area contributed by atoms with Crippen LogP contribution in [0.4, 0.5) is 0 Å². The molecule has 0 fully saturated rings. The molecule has 0 spiro atoms. The lowest BCUT2D eigenvalue weighted by Crippen LogP contribution is -2.31. The first-order chi connectivity index (χ1) is 9.80. The molecule has 3 N–H and O–H groups in total. The van der Waals surface area contributed by atoms with E-state index in [1.165, 1.54) is 0 Å². The van der Waals surface area contributed by atoms with Gasteiger partial charge in [-0.05, 0) is 12.5 Å². The Morgan fingerprint density at radius 3 is 3.00 bits per heavy atom. The number of pyridine rings is 1. The van der Waals surface area contributed by atoms with Crippen molar-refractivity contribution < 1.29 is 4.74 Å². The topological polar surface area (TPSA) is 90.9 Å². The van der Waals surface area contributed by atoms with Crippen LogP contribution in [0.5, 0.6) is 5.88 Å². The van der Waals surface area contributed by atoms with Crippen molar-refractivity contribution in [3.05, 3.63) is 36.0 Å². The smallest absolute Gasteiger partial charge is 0.217 e. The molecule has 108 valence electrons. The molecule has 1 unspecified atom stereocenters. The van der Waals surface area contributed by atoms with Gasteiger partial charge in [-0.1, -0.05) is 13.0 Å². The number of hydrogen-bond acceptors (Lipinski definition) is 6. The summed E-state index contributed by atoms with van der Waals surface area (Å²) in [6.07, 6.45) is 4.89. The van der Waals surface area contributed by atoms with E-state index < -0.39 is 0 Å². The molecular formula is C13H20N6O. The van der Waals surface area contributed by atoms with E-state index in [9.17, 15) is 0 Å². The molecule has 0 radical (unpaired) electrons. The van der Waals surface area contributed by atoms with Crippen LogP contribution in [0, 0.1) is 0 Å². The van der Waals surface area contributed by atoms with Crippen LogP contribution in [0.25, 0.3) is 0 Å². The number of nitrogens with zero attached hydrogens (tertiary/aromatic N) is 4. The number of hydrazine groups is 1. The summed E-state index contributed by atoms with van der Waals surface area (Å²) in [6, 6.07) is 3.68. The zero-order chi connectivity index (χ0) is 14.4. The Hall–Kier alpha value is -1.99. The second-order valence-electron chi connectivity index (χ2n) is 4.42. The van der Waals surface area contributed by atoms with E-state index in [-0.39, 0.29) is 6.04 Å². The third kappa shape index (κ3) is 3.12. The summed E-state index contributed by atoms with van der Waals surface area (Å²) in [5, 5.41) is 4.22. The van der Waals surface area contributed by atoms with Gasteiger partial charge in [0.25, 0.3) is 0 Å². The van der Waals surface area contributed by atoms with Crippen LogP contribution in [-0.2, 0) is 13.0 Å². The lowest BCUT2D eigenvalue weighted by atomic mass is 10.1. The van der Waals surface area contributed by atoms with Gasteiger partial charge in [0.2, 0.25) is 5.88 Å². The van der Waals surface area contributed by atoms with Crippen molar-refractivity contribution >= 4 is 0 Å². The highest BCUT2D eigenvalue weighted by molar-refractivity contribution is 5.29. The Labute approximate surface area is 118 Å². The summed E-state index contributed by atoms with van der Waals surface area (Å²) in [5.74, 6) is 7.13. The molecule has 0 bridgehead atoms. The maximum atomic E-state index is 5.68. The van der Waals surface area contributed by atoms with Crippen LogP contribution in [0.1, 0.15) is 30.8 Å². The first-order valence-corrected chi connectivity index (χ1v) is 6.61. The number of methoxy groups -OCH3 is 1. The molecule has 0 aliphatic carbocycles. The number of nitrogens with one attached hydrogen (secondary N) is 1. The third-order valence-electron chi connectivity index (χ3n) is 3.09. The summed E-state index contributed by atoms with van der Waals surface area (Å²) in [4.78, 5) is 8.49. The molecule has 2 rings (SSSR count). The van der Waals surface area contributed by atoms with Crippen molar-refractivity contribution in [2.45, 2.75) is 32.4 Å². The van der Waals surface area contributed by atoms with E-state index in [0.717, 1.165) is 24.4 Å². The molecule has 2 aromatic heterocycles. The van der Waals surface area contributed by atoms with Crippen LogP contribution in [0.3, 0.4) is 0 Å². The maximum absolute atomic E-state index is 5.68. The average Bonchev–Trinajstić information content (AvgIpc) is 2.92. The first-order valence-electron chi connectivity index (χ1n) is 6.61. The van der Waals surface area contributed by atoms with Crippen molar-refractivity contribution in [2.24, 2.45) is 5.84 Å². The lowest BCUT2D eigenvalue weighted by molar-refractivity contribution is 0.380. The number of aromatic nitrogens is 4. The predicted octanol–water partition coefficient (Wildman–Crippen LogP) is 0.839. The summed E-state index contributed by atoms with van der Waals surface area (Å²) >= 11 is 0. The van der Waals surface area contributed by atoms with Gasteiger partial charge in [0.05, 0.1) is 13.2 Å². The SMILES string of the molecule is CCCn1ncnc1CC(NN)c1cccnc1OC. The van der Waals surface area contributed by atoms with Crippen LogP contribution >= 0.6 is 0 Å². The Balaban J connectivity index is 2.22. The Morgan fingerprint density at radius 1 is 1.45 bits per heavy atom. The van der Waals surface area contributed by atoms with Crippen LogP contribution in [0.2, 0.25) is 0 Å². The molecule has 0 aliphatic rings. The third-order valence-corrected chi connectivity index (χ3v) is 3.09. The standard InChI is InChI=1S/C13H20N6O/c1-3-7-19-12(16-9-17-19)8-11(18-14)10-5-4-6-15-13(10)20-2/h4-6,9,11,18H,3,7-8,14H2,1-2H3. The van der Waals surface area contributed by atoms with Gasteiger partial charge >= 0.3 is 0 Å². The number of rotatable bonds is 7. The molecule has 7 heteroatoms. The van der Waals surface area contributed by atoms with Gasteiger partial charge in [-0.15, -0.1) is 0 Å². The Morgan fingerprint density at radius 2 is 2.30 bits per heavy atom. The quantitative estimate of drug-likeness (QED) is 0.575. The largest absolute Gasteiger partial charge is 0.481 e. The van der Waals surface area contributed by atoms with Gasteiger partial charge in [0.1, 0.15) is 12.2 Å². The van der Waals surface area contributed by atoms with E-state index in [4.69, 9.17) is 10.6 Å². The second-order valence-corrected chi connectivity index (χ2v) is 4.42. The molecule has 7 nitrogen and oxygen atoms in total. The minimum atomic E-state index is -0.126. The molecular weight excluding hydrogens is 256 g/mol. The molecule has 2 aromatic rings. The predicted molar refractivity (Wildman–Crippen MR) is 74.9 cm³/mol. The molecule has 0 aromatic carbocycles. The molecule has 0 saturated carbocycles. The fourth-order valence-electron chi connectivity index (χ4n) is 2.13. The molecule has 0 aliphatic heterocycles. The fourth-order valence-corrected chi connectivity index (χ4v) is 2.13. The van der Waals surface area contributed by atoms with Gasteiger partial charge < -0.3 is 4.74 Å². The Kier molecular flexibility index (Phi) is 5.03. The molecule has 1 atom stereocenters. The summed E-state index contributed by atoms with van der Waals surface area (Å²) in [7, 11) is 1.60. The van der Waals surface area contributed by atoms with Crippen molar-refractivity contribution in [2.75, 3.05) is 7.11 Å². The number of ether oxygens (including phenoxy) is 1. The van der Waals surface area contributed by atoms with E-state index in [1.807, 2.05) is 16.8 Å². The minimum absolute atomic E-state index is 0.126. The highest BCUT2D eigenvalue weighted by Crippen LogP contribution is 2.24. The van der Waals surface area contributed by atoms with Gasteiger partial charge in [0, 0.05) is 24.7 Å². The number of nitrogens with two attached hydrogens (primary N) is 1. The van der Waals surface area contributed by atoms with Crippen molar-refractivity contribution in [3.63, 3.8) is 0 Å². The lowest BCUT2D eigenvalue weighted by Gasteiger charge is -2.18. The van der Waals surface area contributed by atoms with Gasteiger partial charge in [-0.3, -0.25) is 16.0 Å². The molecule has 0 amide bonds. The first kappa shape index (κ1) is 14.4. The summed E-state index contributed by atoms with van der Waals surface area (Å²) < 4.78 is 7.17. The molecule has 20 heavy (non-hydrogen) atoms. The van der Waals surface area contributed by atoms with Gasteiger partial charge in [0.15, 0.2) is 0 Å². The second kappa shape index (κ2) is 6.97. The van der Waals surface area contributed by atoms with Gasteiger partial charge in [-0.25, -0.2) is 9.97 Å². The van der Waals surface area contributed by atoms with E-state index in [1.54, 1.807) is 19.6 Å². The van der Waals surface area contributed by atoms with Crippen molar-refractivity contribution in [1.82, 2.24) is 25.2 Å². The average molecular weight is 276 g/mol. The van der Waals surface area contributed by atoms with Crippen LogP contribution < -0.4 is 16.0 Å². The monoisotopic (exact) mass is 276 g/mol. The van der Waals surface area contributed by atoms with E-state index >= 15 is 0 Å². The van der Waals surface area contributed by atoms with Gasteiger partial charge in [-0.2, -0.15) is 5.10 Å². The Bertz CT molecular complexity index is 541. The molecule has 2 heterocycles. The zero-order valence-corrected chi connectivity index (χ0v) is 11.8. The normalized spacial score (nSPS) is 12.3. The zero-order valence-electron chi connectivity index (χ0n) is 11.8. The highest BCUT2D eigenvalue weighted by atomic mass is 16.5. The van der Waals surface area contributed by atoms with Crippen molar-refractivity contribution in [3.8, 4) is 5.88 Å². The fraction of sp³-hybridized carbons (Fsp3) is 0.462. The van der Waals surface area contributed by atoms with Crippen LogP contribution in [-0.4, -0.2) is 26.9 Å². The van der Waals surface area contributed by atoms with Crippen molar-refractivity contribution in [1.29, 1.82) is 0 Å². The highest BCUT2D eigenvalue weighted by Gasteiger charge is 2.18. The minimum Gasteiger partial charge on any atom is -0.481 e. The van der Waals surface area contributed by atoms with E-state index in [2.05, 4.69) is 27.4 Å². The number of hydrogen-bond donors (Lipinski definition) is 2.